The lowest BCUT2D eigenvalue weighted by atomic mass is 10.2. The van der Waals surface area contributed by atoms with Gasteiger partial charge in [0.15, 0.2) is 10.6 Å². The molecule has 0 unspecified atom stereocenters. The summed E-state index contributed by atoms with van der Waals surface area (Å²) in [6.45, 7) is 0.719. The molecule has 4 nitrogen and oxygen atoms in total. The molecule has 0 amide bonds. The van der Waals surface area contributed by atoms with E-state index in [1.165, 1.54) is 44.6 Å². The van der Waals surface area contributed by atoms with Gasteiger partial charge in [0.25, 0.3) is 0 Å². The molecule has 6 heteroatoms. The fourth-order valence-electron chi connectivity index (χ4n) is 3.78. The topological polar surface area (TPSA) is 26.0 Å². The van der Waals surface area contributed by atoms with Crippen LogP contribution in [0.15, 0.2) is 24.3 Å². The molecule has 2 saturated carbocycles. The molecule has 24 heavy (non-hydrogen) atoms. The highest BCUT2D eigenvalue weighted by Crippen LogP contribution is 2.35. The third-order valence-corrected chi connectivity index (χ3v) is 5.75. The second-order valence-corrected chi connectivity index (χ2v) is 7.33. The second kappa shape index (κ2) is 6.41. The molecule has 0 atom stereocenters. The van der Waals surface area contributed by atoms with Crippen molar-refractivity contribution in [1.82, 2.24) is 19.2 Å². The van der Waals surface area contributed by atoms with Gasteiger partial charge in [0, 0.05) is 19.1 Å². The zero-order valence-electron chi connectivity index (χ0n) is 14.0. The maximum atomic E-state index is 14.1. The van der Waals surface area contributed by atoms with Crippen LogP contribution in [0.2, 0.25) is 0 Å². The molecule has 1 aromatic carbocycles. The van der Waals surface area contributed by atoms with Crippen LogP contribution >= 0.6 is 12.2 Å². The van der Waals surface area contributed by atoms with Crippen molar-refractivity contribution in [3.05, 3.63) is 34.9 Å². The smallest absolute Gasteiger partial charge is 0.199 e. The molecule has 0 bridgehead atoms. The predicted molar refractivity (Wildman–Crippen MR) is 94.5 cm³/mol. The predicted octanol–water partition coefficient (Wildman–Crippen LogP) is 4.12. The van der Waals surface area contributed by atoms with Gasteiger partial charge in [-0.05, 0) is 50.0 Å². The van der Waals surface area contributed by atoms with Crippen LogP contribution < -0.4 is 0 Å². The van der Waals surface area contributed by atoms with Gasteiger partial charge in [0.05, 0.1) is 12.2 Å². The molecule has 0 N–H and O–H groups in total. The van der Waals surface area contributed by atoms with E-state index >= 15 is 0 Å². The molecule has 2 aliphatic carbocycles. The van der Waals surface area contributed by atoms with E-state index in [0.29, 0.717) is 28.2 Å². The summed E-state index contributed by atoms with van der Waals surface area (Å²) in [6.07, 6.45) is 7.74. The van der Waals surface area contributed by atoms with Crippen LogP contribution in [0.1, 0.15) is 38.5 Å². The Labute approximate surface area is 146 Å². The quantitative estimate of drug-likeness (QED) is 0.762. The first-order valence-electron chi connectivity index (χ1n) is 8.79. The average Bonchev–Trinajstić information content (AvgIpc) is 3.20. The molecular weight excluding hydrogens is 323 g/mol. The Kier molecular flexibility index (Phi) is 4.26. The Balaban J connectivity index is 1.65. The molecule has 1 aromatic heterocycles. The summed E-state index contributed by atoms with van der Waals surface area (Å²) in [5.74, 6) is 0.336. The third kappa shape index (κ3) is 2.93. The Morgan fingerprint density at radius 1 is 1.17 bits per heavy atom. The summed E-state index contributed by atoms with van der Waals surface area (Å²) >= 11 is 5.57. The first kappa shape index (κ1) is 16.0. The highest BCUT2D eigenvalue weighted by Gasteiger charge is 2.35. The number of hydrogen-bond acceptors (Lipinski definition) is 3. The van der Waals surface area contributed by atoms with E-state index in [4.69, 9.17) is 12.2 Å². The first-order valence-corrected chi connectivity index (χ1v) is 9.20. The summed E-state index contributed by atoms with van der Waals surface area (Å²) in [5.41, 5.74) is 0.503. The van der Waals surface area contributed by atoms with Crippen LogP contribution in [-0.2, 0) is 13.7 Å². The van der Waals surface area contributed by atoms with Gasteiger partial charge in [0.1, 0.15) is 5.82 Å². The van der Waals surface area contributed by atoms with Gasteiger partial charge in [0.2, 0.25) is 0 Å². The standard InChI is InChI=1S/C18H23FN4S/c1-21-17(15-8-4-5-9-16(15)19)20-23(18(21)24)12-22(14-10-11-14)13-6-2-3-7-13/h4-5,8-9,13-14H,2-3,6-7,10-12H2,1H3. The van der Waals surface area contributed by atoms with Crippen LogP contribution in [0.25, 0.3) is 11.4 Å². The van der Waals surface area contributed by atoms with E-state index in [-0.39, 0.29) is 5.82 Å². The van der Waals surface area contributed by atoms with Gasteiger partial charge in [-0.1, -0.05) is 25.0 Å². The molecular formula is C18H23FN4S. The van der Waals surface area contributed by atoms with Gasteiger partial charge < -0.3 is 4.57 Å². The molecule has 0 radical (unpaired) electrons. The minimum atomic E-state index is -0.261. The van der Waals surface area contributed by atoms with E-state index in [0.717, 1.165) is 6.67 Å². The van der Waals surface area contributed by atoms with Crippen LogP contribution in [0.3, 0.4) is 0 Å². The Morgan fingerprint density at radius 2 is 1.83 bits per heavy atom. The molecule has 2 fully saturated rings. The van der Waals surface area contributed by atoms with Gasteiger partial charge in [-0.15, -0.1) is 0 Å². The molecule has 0 spiro atoms. The van der Waals surface area contributed by atoms with E-state index < -0.39 is 0 Å². The summed E-state index contributed by atoms with van der Waals surface area (Å²) < 4.78 is 18.5. The Morgan fingerprint density at radius 3 is 2.50 bits per heavy atom. The molecule has 0 saturated heterocycles. The lowest BCUT2D eigenvalue weighted by molar-refractivity contribution is 0.134. The number of benzene rings is 1. The van der Waals surface area contributed by atoms with Crippen LogP contribution in [-0.4, -0.2) is 31.3 Å². The number of rotatable bonds is 5. The van der Waals surface area contributed by atoms with Crippen LogP contribution in [0.4, 0.5) is 4.39 Å². The summed E-state index contributed by atoms with van der Waals surface area (Å²) in [5, 5.41) is 4.66. The number of nitrogens with zero attached hydrogens (tertiary/aromatic N) is 4. The Hall–Kier alpha value is -1.53. The first-order chi connectivity index (χ1) is 11.6. The average molecular weight is 346 g/mol. The molecule has 128 valence electrons. The van der Waals surface area contributed by atoms with Crippen molar-refractivity contribution in [1.29, 1.82) is 0 Å². The third-order valence-electron chi connectivity index (χ3n) is 5.26. The highest BCUT2D eigenvalue weighted by atomic mass is 32.1. The molecule has 0 aliphatic heterocycles. The van der Waals surface area contributed by atoms with Crippen molar-refractivity contribution in [3.8, 4) is 11.4 Å². The van der Waals surface area contributed by atoms with Crippen molar-refractivity contribution < 1.29 is 4.39 Å². The zero-order chi connectivity index (χ0) is 16.7. The van der Waals surface area contributed by atoms with Gasteiger partial charge in [-0.3, -0.25) is 4.90 Å². The summed E-state index contributed by atoms with van der Waals surface area (Å²) in [4.78, 5) is 2.57. The van der Waals surface area contributed by atoms with Crippen molar-refractivity contribution >= 4 is 12.2 Å². The van der Waals surface area contributed by atoms with Gasteiger partial charge in [-0.25, -0.2) is 9.07 Å². The fourth-order valence-corrected chi connectivity index (χ4v) is 3.97. The van der Waals surface area contributed by atoms with Crippen molar-refractivity contribution in [3.63, 3.8) is 0 Å². The summed E-state index contributed by atoms with van der Waals surface area (Å²) in [6, 6.07) is 8.07. The van der Waals surface area contributed by atoms with Crippen LogP contribution in [0, 0.1) is 10.6 Å². The van der Waals surface area contributed by atoms with Crippen molar-refractivity contribution in [2.75, 3.05) is 0 Å². The fraction of sp³-hybridized carbons (Fsp3) is 0.556. The van der Waals surface area contributed by atoms with Crippen molar-refractivity contribution in [2.45, 2.75) is 57.3 Å². The lowest BCUT2D eigenvalue weighted by Gasteiger charge is -2.28. The maximum Gasteiger partial charge on any atom is 0.199 e. The monoisotopic (exact) mass is 346 g/mol. The minimum Gasteiger partial charge on any atom is -0.303 e. The largest absolute Gasteiger partial charge is 0.303 e. The van der Waals surface area contributed by atoms with E-state index in [2.05, 4.69) is 10.00 Å². The Bertz CT molecular complexity index is 787. The lowest BCUT2D eigenvalue weighted by Crippen LogP contribution is -2.37. The summed E-state index contributed by atoms with van der Waals surface area (Å²) in [7, 11) is 1.87. The highest BCUT2D eigenvalue weighted by molar-refractivity contribution is 7.71. The van der Waals surface area contributed by atoms with E-state index in [1.54, 1.807) is 12.1 Å². The molecule has 4 rings (SSSR count). The minimum absolute atomic E-state index is 0.261. The van der Waals surface area contributed by atoms with E-state index in [9.17, 15) is 4.39 Å². The SMILES string of the molecule is Cn1c(-c2ccccc2F)nn(CN(C2CCCC2)C2CC2)c1=S. The normalized spacial score (nSPS) is 18.6. The maximum absolute atomic E-state index is 14.1. The molecule has 2 aliphatic rings. The van der Waals surface area contributed by atoms with Crippen LogP contribution in [0.5, 0.6) is 0 Å². The number of aromatic nitrogens is 3. The van der Waals surface area contributed by atoms with Gasteiger partial charge >= 0.3 is 0 Å². The molecule has 2 aromatic rings. The number of halogens is 1. The molecule has 1 heterocycles. The van der Waals surface area contributed by atoms with Crippen molar-refractivity contribution in [2.24, 2.45) is 7.05 Å². The number of hydrogen-bond donors (Lipinski definition) is 0. The second-order valence-electron chi connectivity index (χ2n) is 6.97. The van der Waals surface area contributed by atoms with E-state index in [1.807, 2.05) is 22.4 Å². The zero-order valence-corrected chi connectivity index (χ0v) is 14.8. The van der Waals surface area contributed by atoms with Gasteiger partial charge in [-0.2, -0.15) is 5.10 Å².